The number of nitrogens with one attached hydrogen (secondary N) is 1. The number of benzene rings is 2. The summed E-state index contributed by atoms with van der Waals surface area (Å²) in [4.78, 5) is 35.7. The predicted molar refractivity (Wildman–Crippen MR) is 107 cm³/mol. The van der Waals surface area contributed by atoms with Gasteiger partial charge >= 0.3 is 11.9 Å². The highest BCUT2D eigenvalue weighted by Crippen LogP contribution is 2.22. The monoisotopic (exact) mass is 423 g/mol. The number of anilines is 1. The molecule has 0 radical (unpaired) electrons. The average molecular weight is 424 g/mol. The number of hydrogen-bond donors (Lipinski definition) is 1. The lowest BCUT2D eigenvalue weighted by atomic mass is 10.2. The molecule has 148 valence electrons. The maximum absolute atomic E-state index is 11.9. The summed E-state index contributed by atoms with van der Waals surface area (Å²) in [7, 11) is 0. The molecule has 6 nitrogen and oxygen atoms in total. The molecule has 2 rings (SSSR count). The molecular formula is C20H19Cl2NO5. The number of esters is 2. The van der Waals surface area contributed by atoms with Gasteiger partial charge in [-0.25, -0.2) is 9.59 Å². The minimum absolute atomic E-state index is 0.188. The zero-order valence-corrected chi connectivity index (χ0v) is 16.7. The lowest BCUT2D eigenvalue weighted by Gasteiger charge is -2.08. The minimum atomic E-state index is -0.695. The van der Waals surface area contributed by atoms with Crippen molar-refractivity contribution in [3.05, 3.63) is 63.6 Å². The van der Waals surface area contributed by atoms with E-state index in [2.05, 4.69) is 5.32 Å². The van der Waals surface area contributed by atoms with E-state index >= 15 is 0 Å². The maximum Gasteiger partial charge on any atom is 0.338 e. The third-order valence-electron chi connectivity index (χ3n) is 3.63. The Labute approximate surface area is 172 Å². The molecule has 0 unspecified atom stereocenters. The van der Waals surface area contributed by atoms with E-state index in [1.807, 2.05) is 6.92 Å². The fourth-order valence-electron chi connectivity index (χ4n) is 2.12. The second kappa shape index (κ2) is 10.7. The van der Waals surface area contributed by atoms with Gasteiger partial charge in [-0.05, 0) is 48.9 Å². The van der Waals surface area contributed by atoms with E-state index in [1.165, 1.54) is 18.2 Å². The summed E-state index contributed by atoms with van der Waals surface area (Å²) in [6.07, 6.45) is 1.74. The van der Waals surface area contributed by atoms with Crippen LogP contribution in [0.4, 0.5) is 5.69 Å². The number of rotatable bonds is 8. The van der Waals surface area contributed by atoms with Crippen molar-refractivity contribution in [2.45, 2.75) is 19.8 Å². The molecule has 0 spiro atoms. The zero-order chi connectivity index (χ0) is 20.5. The van der Waals surface area contributed by atoms with Crippen LogP contribution in [0, 0.1) is 0 Å². The molecule has 8 heteroatoms. The van der Waals surface area contributed by atoms with Gasteiger partial charge in [-0.15, -0.1) is 0 Å². The van der Waals surface area contributed by atoms with Gasteiger partial charge in [0.1, 0.15) is 0 Å². The van der Waals surface area contributed by atoms with E-state index in [0.29, 0.717) is 22.9 Å². The first-order valence-corrected chi connectivity index (χ1v) is 9.35. The summed E-state index contributed by atoms with van der Waals surface area (Å²) < 4.78 is 10.1. The summed E-state index contributed by atoms with van der Waals surface area (Å²) in [5, 5.41) is 3.10. The molecule has 1 N–H and O–H groups in total. The van der Waals surface area contributed by atoms with Crippen LogP contribution < -0.4 is 5.32 Å². The Kier molecular flexibility index (Phi) is 8.29. The van der Waals surface area contributed by atoms with Crippen LogP contribution in [0.25, 0.3) is 0 Å². The van der Waals surface area contributed by atoms with E-state index < -0.39 is 24.5 Å². The van der Waals surface area contributed by atoms with Crippen molar-refractivity contribution in [2.75, 3.05) is 18.5 Å². The molecule has 2 aromatic rings. The summed E-state index contributed by atoms with van der Waals surface area (Å²) in [5.41, 5.74) is 1.04. The van der Waals surface area contributed by atoms with Crippen LogP contribution in [0.2, 0.25) is 10.0 Å². The highest BCUT2D eigenvalue weighted by Gasteiger charge is 2.12. The fourth-order valence-corrected chi connectivity index (χ4v) is 2.41. The van der Waals surface area contributed by atoms with E-state index in [0.717, 1.165) is 12.8 Å². The van der Waals surface area contributed by atoms with E-state index in [1.54, 1.807) is 24.3 Å². The molecule has 0 saturated heterocycles. The SMILES string of the molecule is CCCCOC(=O)c1ccc(NC(=O)COC(=O)c2ccc(Cl)c(Cl)c2)cc1. The Bertz CT molecular complexity index is 852. The lowest BCUT2D eigenvalue weighted by molar-refractivity contribution is -0.119. The molecular weight excluding hydrogens is 405 g/mol. The van der Waals surface area contributed by atoms with Crippen LogP contribution in [-0.4, -0.2) is 31.1 Å². The largest absolute Gasteiger partial charge is 0.462 e. The van der Waals surface area contributed by atoms with Gasteiger partial charge in [-0.2, -0.15) is 0 Å². The molecule has 0 atom stereocenters. The summed E-state index contributed by atoms with van der Waals surface area (Å²) >= 11 is 11.6. The molecule has 0 fully saturated rings. The highest BCUT2D eigenvalue weighted by molar-refractivity contribution is 6.42. The van der Waals surface area contributed by atoms with Crippen LogP contribution >= 0.6 is 23.2 Å². The standard InChI is InChI=1S/C20H19Cl2NO5/c1-2-3-10-27-19(25)13-4-7-15(8-5-13)23-18(24)12-28-20(26)14-6-9-16(21)17(22)11-14/h4-9,11H,2-3,10,12H2,1H3,(H,23,24). The Morgan fingerprint density at radius 2 is 1.54 bits per heavy atom. The Morgan fingerprint density at radius 1 is 0.893 bits per heavy atom. The van der Waals surface area contributed by atoms with Crippen LogP contribution in [0.15, 0.2) is 42.5 Å². The topological polar surface area (TPSA) is 81.7 Å². The van der Waals surface area contributed by atoms with E-state index in [-0.39, 0.29) is 10.6 Å². The fraction of sp³-hybridized carbons (Fsp3) is 0.250. The molecule has 0 aliphatic rings. The van der Waals surface area contributed by atoms with E-state index in [4.69, 9.17) is 32.7 Å². The number of hydrogen-bond acceptors (Lipinski definition) is 5. The lowest BCUT2D eigenvalue weighted by Crippen LogP contribution is -2.21. The molecule has 0 aliphatic carbocycles. The number of amides is 1. The number of unbranched alkanes of at least 4 members (excludes halogenated alkanes) is 1. The first-order chi connectivity index (χ1) is 13.4. The minimum Gasteiger partial charge on any atom is -0.462 e. The predicted octanol–water partition coefficient (Wildman–Crippen LogP) is 4.75. The Hall–Kier alpha value is -2.57. The molecule has 0 saturated carbocycles. The van der Waals surface area contributed by atoms with Gasteiger partial charge in [-0.1, -0.05) is 36.5 Å². The van der Waals surface area contributed by atoms with Crippen molar-refractivity contribution in [3.8, 4) is 0 Å². The van der Waals surface area contributed by atoms with Crippen molar-refractivity contribution < 1.29 is 23.9 Å². The van der Waals surface area contributed by atoms with Crippen LogP contribution in [0.1, 0.15) is 40.5 Å². The molecule has 0 aromatic heterocycles. The number of carbonyl (C=O) groups excluding carboxylic acids is 3. The van der Waals surface area contributed by atoms with Gasteiger partial charge in [0, 0.05) is 5.69 Å². The third kappa shape index (κ3) is 6.55. The smallest absolute Gasteiger partial charge is 0.338 e. The van der Waals surface area contributed by atoms with Gasteiger partial charge in [0.05, 0.1) is 27.8 Å². The zero-order valence-electron chi connectivity index (χ0n) is 15.2. The van der Waals surface area contributed by atoms with Gasteiger partial charge in [-0.3, -0.25) is 4.79 Å². The maximum atomic E-state index is 11.9. The number of halogens is 2. The van der Waals surface area contributed by atoms with E-state index in [9.17, 15) is 14.4 Å². The molecule has 28 heavy (non-hydrogen) atoms. The molecule has 0 aliphatic heterocycles. The third-order valence-corrected chi connectivity index (χ3v) is 4.36. The molecule has 0 heterocycles. The van der Waals surface area contributed by atoms with Crippen molar-refractivity contribution in [3.63, 3.8) is 0 Å². The van der Waals surface area contributed by atoms with Crippen LogP contribution in [0.3, 0.4) is 0 Å². The quantitative estimate of drug-likeness (QED) is 0.489. The molecule has 2 aromatic carbocycles. The first kappa shape index (κ1) is 21.7. The second-order valence-corrected chi connectivity index (χ2v) is 6.63. The molecule has 1 amide bonds. The Balaban J connectivity index is 1.83. The van der Waals surface area contributed by atoms with Crippen LogP contribution in [0.5, 0.6) is 0 Å². The normalized spacial score (nSPS) is 10.2. The summed E-state index contributed by atoms with van der Waals surface area (Å²) in [6.45, 7) is 1.91. The average Bonchev–Trinajstić information content (AvgIpc) is 2.69. The Morgan fingerprint density at radius 3 is 2.18 bits per heavy atom. The number of carbonyl (C=O) groups is 3. The van der Waals surface area contributed by atoms with Gasteiger partial charge in [0.25, 0.3) is 5.91 Å². The first-order valence-electron chi connectivity index (χ1n) is 8.60. The molecule has 0 bridgehead atoms. The summed E-state index contributed by atoms with van der Waals surface area (Å²) in [5.74, 6) is -1.63. The van der Waals surface area contributed by atoms with Gasteiger partial charge < -0.3 is 14.8 Å². The van der Waals surface area contributed by atoms with Crippen molar-refractivity contribution in [2.24, 2.45) is 0 Å². The van der Waals surface area contributed by atoms with Crippen molar-refractivity contribution in [1.82, 2.24) is 0 Å². The van der Waals surface area contributed by atoms with Crippen molar-refractivity contribution in [1.29, 1.82) is 0 Å². The van der Waals surface area contributed by atoms with Crippen molar-refractivity contribution >= 4 is 46.7 Å². The van der Waals surface area contributed by atoms with Gasteiger partial charge in [0.2, 0.25) is 0 Å². The second-order valence-electron chi connectivity index (χ2n) is 5.82. The number of ether oxygens (including phenoxy) is 2. The van der Waals surface area contributed by atoms with Gasteiger partial charge in [0.15, 0.2) is 6.61 Å². The summed E-state index contributed by atoms with van der Waals surface area (Å²) in [6, 6.07) is 10.5. The highest BCUT2D eigenvalue weighted by atomic mass is 35.5. The van der Waals surface area contributed by atoms with Crippen LogP contribution in [-0.2, 0) is 14.3 Å².